The quantitative estimate of drug-likeness (QED) is 0.493. The minimum Gasteiger partial charge on any atom is -0.396 e. The van der Waals surface area contributed by atoms with E-state index in [4.69, 9.17) is 20.4 Å². The molecule has 0 bridgehead atoms. The van der Waals surface area contributed by atoms with E-state index in [2.05, 4.69) is 13.2 Å². The molecule has 0 aliphatic heterocycles. The Labute approximate surface area is 110 Å². The van der Waals surface area contributed by atoms with E-state index in [9.17, 15) is 0 Å². The standard InChI is InChI=1S/2C7H14O2/c2*1-3-4-7(2,5-8)6-9/h2*3,8-9H,1,4-6H2,2H3. The summed E-state index contributed by atoms with van der Waals surface area (Å²) in [6.45, 7) is 10.7. The van der Waals surface area contributed by atoms with Crippen LogP contribution in [-0.2, 0) is 0 Å². The van der Waals surface area contributed by atoms with Crippen LogP contribution in [-0.4, -0.2) is 46.9 Å². The number of hydrogen-bond donors (Lipinski definition) is 4. The molecule has 0 spiro atoms. The van der Waals surface area contributed by atoms with Crippen LogP contribution in [0.4, 0.5) is 0 Å². The number of aliphatic hydroxyl groups is 4. The number of allylic oxidation sites excluding steroid dienone is 2. The zero-order valence-corrected chi connectivity index (χ0v) is 11.6. The van der Waals surface area contributed by atoms with Gasteiger partial charge in [0.1, 0.15) is 0 Å². The SMILES string of the molecule is C=CCC(C)(CO)CO.C=CCC(C)(CO)CO. The molecule has 4 heteroatoms. The molecule has 0 aromatic rings. The molecule has 0 aliphatic rings. The third-order valence-corrected chi connectivity index (χ3v) is 2.80. The van der Waals surface area contributed by atoms with Gasteiger partial charge in [0.15, 0.2) is 0 Å². The van der Waals surface area contributed by atoms with Gasteiger partial charge in [-0.25, -0.2) is 0 Å². The first-order chi connectivity index (χ1) is 8.36. The monoisotopic (exact) mass is 260 g/mol. The molecular weight excluding hydrogens is 232 g/mol. The van der Waals surface area contributed by atoms with Gasteiger partial charge in [0.25, 0.3) is 0 Å². The van der Waals surface area contributed by atoms with Gasteiger partial charge in [-0.2, -0.15) is 0 Å². The summed E-state index contributed by atoms with van der Waals surface area (Å²) >= 11 is 0. The van der Waals surface area contributed by atoms with Crippen molar-refractivity contribution in [3.63, 3.8) is 0 Å². The molecule has 0 atom stereocenters. The predicted octanol–water partition coefficient (Wildman–Crippen LogP) is 1.11. The Kier molecular flexibility index (Phi) is 11.2. The van der Waals surface area contributed by atoms with Crippen molar-refractivity contribution in [3.8, 4) is 0 Å². The maximum Gasteiger partial charge on any atom is 0.0509 e. The van der Waals surface area contributed by atoms with Crippen molar-refractivity contribution in [2.75, 3.05) is 26.4 Å². The zero-order chi connectivity index (χ0) is 14.7. The molecular formula is C14H28O4. The zero-order valence-electron chi connectivity index (χ0n) is 11.6. The molecule has 0 amide bonds. The summed E-state index contributed by atoms with van der Waals surface area (Å²) in [5.74, 6) is 0. The molecule has 0 saturated heterocycles. The lowest BCUT2D eigenvalue weighted by atomic mass is 9.89. The molecule has 0 rings (SSSR count). The molecule has 0 aromatic carbocycles. The van der Waals surface area contributed by atoms with Crippen LogP contribution < -0.4 is 0 Å². The van der Waals surface area contributed by atoms with Gasteiger partial charge in [0, 0.05) is 10.8 Å². The molecule has 0 unspecified atom stereocenters. The van der Waals surface area contributed by atoms with Gasteiger partial charge in [-0.1, -0.05) is 26.0 Å². The minimum absolute atomic E-state index is 0.00944. The van der Waals surface area contributed by atoms with Gasteiger partial charge in [0.05, 0.1) is 26.4 Å². The third kappa shape index (κ3) is 8.42. The van der Waals surface area contributed by atoms with E-state index in [0.29, 0.717) is 12.8 Å². The van der Waals surface area contributed by atoms with E-state index in [1.165, 1.54) is 0 Å². The Balaban J connectivity index is 0. The number of hydrogen-bond acceptors (Lipinski definition) is 4. The predicted molar refractivity (Wildman–Crippen MR) is 74.2 cm³/mol. The first-order valence-electron chi connectivity index (χ1n) is 6.02. The van der Waals surface area contributed by atoms with Crippen molar-refractivity contribution in [1.82, 2.24) is 0 Å². The summed E-state index contributed by atoms with van der Waals surface area (Å²) in [6.07, 6.45) is 4.71. The van der Waals surface area contributed by atoms with Gasteiger partial charge in [-0.3, -0.25) is 0 Å². The van der Waals surface area contributed by atoms with E-state index < -0.39 is 0 Å². The molecule has 0 aliphatic carbocycles. The van der Waals surface area contributed by atoms with E-state index >= 15 is 0 Å². The largest absolute Gasteiger partial charge is 0.396 e. The normalized spacial score (nSPS) is 11.4. The van der Waals surface area contributed by atoms with Crippen LogP contribution >= 0.6 is 0 Å². The highest BCUT2D eigenvalue weighted by Crippen LogP contribution is 2.19. The average molecular weight is 260 g/mol. The van der Waals surface area contributed by atoms with Crippen molar-refractivity contribution < 1.29 is 20.4 Å². The van der Waals surface area contributed by atoms with Crippen molar-refractivity contribution in [2.45, 2.75) is 26.7 Å². The minimum atomic E-state index is -0.373. The third-order valence-electron chi connectivity index (χ3n) is 2.80. The Morgan fingerprint density at radius 2 is 0.944 bits per heavy atom. The van der Waals surface area contributed by atoms with Gasteiger partial charge in [-0.15, -0.1) is 13.2 Å². The Hall–Kier alpha value is -0.680. The van der Waals surface area contributed by atoms with Crippen LogP contribution in [0.2, 0.25) is 0 Å². The van der Waals surface area contributed by atoms with Crippen molar-refractivity contribution in [3.05, 3.63) is 25.3 Å². The van der Waals surface area contributed by atoms with E-state index in [1.54, 1.807) is 12.2 Å². The molecule has 0 fully saturated rings. The highest BCUT2D eigenvalue weighted by Gasteiger charge is 2.20. The lowest BCUT2D eigenvalue weighted by Gasteiger charge is -2.21. The summed E-state index contributed by atoms with van der Waals surface area (Å²) in [5.41, 5.74) is -0.747. The van der Waals surface area contributed by atoms with Gasteiger partial charge < -0.3 is 20.4 Å². The second-order valence-corrected chi connectivity index (χ2v) is 5.24. The highest BCUT2D eigenvalue weighted by molar-refractivity contribution is 4.82. The maximum atomic E-state index is 8.71. The van der Waals surface area contributed by atoms with Crippen molar-refractivity contribution >= 4 is 0 Å². The molecule has 0 radical (unpaired) electrons. The van der Waals surface area contributed by atoms with Gasteiger partial charge in [-0.05, 0) is 12.8 Å². The maximum absolute atomic E-state index is 8.71. The Bertz CT molecular complexity index is 194. The molecule has 4 N–H and O–H groups in total. The fraction of sp³-hybridized carbons (Fsp3) is 0.714. The molecule has 0 heterocycles. The summed E-state index contributed by atoms with van der Waals surface area (Å²) in [6, 6.07) is 0. The van der Waals surface area contributed by atoms with Gasteiger partial charge in [0.2, 0.25) is 0 Å². The van der Waals surface area contributed by atoms with E-state index in [-0.39, 0.29) is 37.3 Å². The average Bonchev–Trinajstić information content (AvgIpc) is 2.40. The summed E-state index contributed by atoms with van der Waals surface area (Å²) < 4.78 is 0. The fourth-order valence-electron chi connectivity index (χ4n) is 1.06. The van der Waals surface area contributed by atoms with E-state index in [1.807, 2.05) is 13.8 Å². The first-order valence-corrected chi connectivity index (χ1v) is 6.02. The van der Waals surface area contributed by atoms with Crippen LogP contribution in [0.25, 0.3) is 0 Å². The van der Waals surface area contributed by atoms with Crippen LogP contribution in [0.5, 0.6) is 0 Å². The smallest absolute Gasteiger partial charge is 0.0509 e. The van der Waals surface area contributed by atoms with Crippen molar-refractivity contribution in [2.24, 2.45) is 10.8 Å². The second-order valence-electron chi connectivity index (χ2n) is 5.24. The van der Waals surface area contributed by atoms with Crippen LogP contribution in [0.3, 0.4) is 0 Å². The number of rotatable bonds is 8. The second kappa shape index (κ2) is 10.3. The molecule has 0 aromatic heterocycles. The van der Waals surface area contributed by atoms with Gasteiger partial charge >= 0.3 is 0 Å². The highest BCUT2D eigenvalue weighted by atomic mass is 16.3. The fourth-order valence-corrected chi connectivity index (χ4v) is 1.06. The molecule has 18 heavy (non-hydrogen) atoms. The van der Waals surface area contributed by atoms with Crippen molar-refractivity contribution in [1.29, 1.82) is 0 Å². The summed E-state index contributed by atoms with van der Waals surface area (Å²) in [5, 5.41) is 34.8. The molecule has 108 valence electrons. The summed E-state index contributed by atoms with van der Waals surface area (Å²) in [7, 11) is 0. The topological polar surface area (TPSA) is 80.9 Å². The lowest BCUT2D eigenvalue weighted by molar-refractivity contribution is 0.0725. The first kappa shape index (κ1) is 19.7. The Morgan fingerprint density at radius 1 is 0.722 bits per heavy atom. The lowest BCUT2D eigenvalue weighted by Crippen LogP contribution is -2.24. The number of aliphatic hydroxyl groups excluding tert-OH is 4. The van der Waals surface area contributed by atoms with Crippen LogP contribution in [0, 0.1) is 10.8 Å². The van der Waals surface area contributed by atoms with Crippen LogP contribution in [0.15, 0.2) is 25.3 Å². The van der Waals surface area contributed by atoms with E-state index in [0.717, 1.165) is 0 Å². The molecule has 4 nitrogen and oxygen atoms in total. The van der Waals surface area contributed by atoms with Crippen LogP contribution in [0.1, 0.15) is 26.7 Å². The Morgan fingerprint density at radius 3 is 1.00 bits per heavy atom. The molecule has 0 saturated carbocycles. The summed E-state index contributed by atoms with van der Waals surface area (Å²) in [4.78, 5) is 0.